The molecule has 1 aromatic heterocycles. The number of aryl methyl sites for hydroxylation is 2. The van der Waals surface area contributed by atoms with Gasteiger partial charge in [0.15, 0.2) is 0 Å². The molecule has 33 heavy (non-hydrogen) atoms. The molecular weight excluding hydrogens is 436 g/mol. The van der Waals surface area contributed by atoms with Gasteiger partial charge in [-0.05, 0) is 69.9 Å². The number of hydrogen-bond donors (Lipinski definition) is 1. The van der Waals surface area contributed by atoms with Gasteiger partial charge in [0.2, 0.25) is 5.91 Å². The quantitative estimate of drug-likeness (QED) is 0.560. The fraction of sp³-hybridized carbons (Fsp3) is 0.346. The Morgan fingerprint density at radius 1 is 1.03 bits per heavy atom. The van der Waals surface area contributed by atoms with Gasteiger partial charge < -0.3 is 10.2 Å². The summed E-state index contributed by atoms with van der Waals surface area (Å²) in [5.74, 6) is -0.205. The van der Waals surface area contributed by atoms with Crippen LogP contribution in [0, 0.1) is 20.8 Å². The molecule has 2 heterocycles. The lowest BCUT2D eigenvalue weighted by molar-refractivity contribution is -0.115. The Kier molecular flexibility index (Phi) is 6.84. The second-order valence-electron chi connectivity index (χ2n) is 8.62. The van der Waals surface area contributed by atoms with Crippen LogP contribution < -0.4 is 5.32 Å². The molecule has 0 unspecified atom stereocenters. The van der Waals surface area contributed by atoms with E-state index in [1.54, 1.807) is 12.1 Å². The van der Waals surface area contributed by atoms with Crippen molar-refractivity contribution in [2.45, 2.75) is 46.5 Å². The number of piperidine rings is 1. The number of hydrogen-bond acceptors (Lipinski definition) is 3. The van der Waals surface area contributed by atoms with Crippen LogP contribution in [-0.2, 0) is 11.2 Å². The van der Waals surface area contributed by atoms with Crippen molar-refractivity contribution < 1.29 is 9.59 Å². The van der Waals surface area contributed by atoms with E-state index in [0.29, 0.717) is 16.3 Å². The normalized spacial score (nSPS) is 13.8. The number of rotatable bonds is 5. The lowest BCUT2D eigenvalue weighted by Crippen LogP contribution is -2.36. The highest BCUT2D eigenvalue weighted by Crippen LogP contribution is 2.24. The van der Waals surface area contributed by atoms with Crippen LogP contribution in [0.1, 0.15) is 52.1 Å². The molecule has 3 aromatic rings. The minimum atomic E-state index is -0.179. The minimum absolute atomic E-state index is 0.0259. The highest BCUT2D eigenvalue weighted by atomic mass is 35.5. The monoisotopic (exact) mass is 464 g/mol. The number of amides is 2. The van der Waals surface area contributed by atoms with Crippen LogP contribution in [0.15, 0.2) is 42.5 Å². The van der Waals surface area contributed by atoms with E-state index < -0.39 is 0 Å². The number of para-hydroxylation sites is 1. The number of carbonyl (C=O) groups excluding carboxylic acids is 2. The predicted molar refractivity (Wildman–Crippen MR) is 131 cm³/mol. The zero-order chi connectivity index (χ0) is 23.5. The number of benzene rings is 2. The topological polar surface area (TPSA) is 67.2 Å². The number of carbonyl (C=O) groups is 2. The maximum atomic E-state index is 13.0. The zero-order valence-corrected chi connectivity index (χ0v) is 20.1. The molecule has 6 nitrogen and oxygen atoms in total. The fourth-order valence-electron chi connectivity index (χ4n) is 4.30. The van der Waals surface area contributed by atoms with E-state index >= 15 is 0 Å². The van der Waals surface area contributed by atoms with Gasteiger partial charge in [0.1, 0.15) is 0 Å². The molecule has 2 aromatic carbocycles. The third-order valence-electron chi connectivity index (χ3n) is 6.25. The number of halogens is 1. The first-order valence-corrected chi connectivity index (χ1v) is 11.7. The standard InChI is InChI=1S/C26H29ClN4O2/c1-17-11-12-20(15-23(17)27)31-19(3)22(18(2)29-31)16-25(32)28-24-10-6-5-9-21(24)26(33)30-13-7-4-8-14-30/h5-6,9-12,15H,4,7-8,13-14,16H2,1-3H3,(H,28,32). The number of nitrogens with one attached hydrogen (secondary N) is 1. The van der Waals surface area contributed by atoms with Crippen LogP contribution in [0.3, 0.4) is 0 Å². The lowest BCUT2D eigenvalue weighted by atomic mass is 10.1. The van der Waals surface area contributed by atoms with E-state index in [1.165, 1.54) is 0 Å². The second kappa shape index (κ2) is 9.79. The van der Waals surface area contributed by atoms with Crippen molar-refractivity contribution in [3.8, 4) is 5.69 Å². The predicted octanol–water partition coefficient (Wildman–Crippen LogP) is 5.26. The average Bonchev–Trinajstić information content (AvgIpc) is 3.09. The summed E-state index contributed by atoms with van der Waals surface area (Å²) in [6.45, 7) is 7.33. The van der Waals surface area contributed by atoms with Crippen molar-refractivity contribution >= 4 is 29.1 Å². The summed E-state index contributed by atoms with van der Waals surface area (Å²) in [5, 5.41) is 8.27. The average molecular weight is 465 g/mol. The van der Waals surface area contributed by atoms with Crippen LogP contribution in [0.2, 0.25) is 5.02 Å². The summed E-state index contributed by atoms with van der Waals surface area (Å²) >= 11 is 6.30. The summed E-state index contributed by atoms with van der Waals surface area (Å²) in [7, 11) is 0. The Bertz CT molecular complexity index is 1190. The second-order valence-corrected chi connectivity index (χ2v) is 9.03. The fourth-order valence-corrected chi connectivity index (χ4v) is 4.47. The van der Waals surface area contributed by atoms with Crippen molar-refractivity contribution in [2.75, 3.05) is 18.4 Å². The van der Waals surface area contributed by atoms with Gasteiger partial charge in [-0.2, -0.15) is 5.10 Å². The molecule has 1 aliphatic rings. The molecule has 7 heteroatoms. The molecule has 1 N–H and O–H groups in total. The third-order valence-corrected chi connectivity index (χ3v) is 6.66. The highest BCUT2D eigenvalue weighted by molar-refractivity contribution is 6.31. The van der Waals surface area contributed by atoms with E-state index in [0.717, 1.165) is 60.6 Å². The van der Waals surface area contributed by atoms with E-state index in [9.17, 15) is 9.59 Å². The first-order chi connectivity index (χ1) is 15.8. The van der Waals surface area contributed by atoms with Gasteiger partial charge in [-0.3, -0.25) is 9.59 Å². The Morgan fingerprint density at radius 2 is 1.76 bits per heavy atom. The summed E-state index contributed by atoms with van der Waals surface area (Å²) in [6, 6.07) is 13.0. The van der Waals surface area contributed by atoms with Crippen LogP contribution >= 0.6 is 11.6 Å². The van der Waals surface area contributed by atoms with Crippen LogP contribution in [-0.4, -0.2) is 39.6 Å². The van der Waals surface area contributed by atoms with Gasteiger partial charge in [0, 0.05) is 29.4 Å². The maximum absolute atomic E-state index is 13.0. The van der Waals surface area contributed by atoms with Gasteiger partial charge in [-0.15, -0.1) is 0 Å². The molecule has 0 radical (unpaired) electrons. The number of nitrogens with zero attached hydrogens (tertiary/aromatic N) is 3. The SMILES string of the molecule is Cc1ccc(-n2nc(C)c(CC(=O)Nc3ccccc3C(=O)N3CCCCC3)c2C)cc1Cl. The molecule has 0 atom stereocenters. The maximum Gasteiger partial charge on any atom is 0.255 e. The Hall–Kier alpha value is -3.12. The minimum Gasteiger partial charge on any atom is -0.339 e. The van der Waals surface area contributed by atoms with Crippen LogP contribution in [0.4, 0.5) is 5.69 Å². The van der Waals surface area contributed by atoms with Crippen molar-refractivity contribution in [2.24, 2.45) is 0 Å². The molecular formula is C26H29ClN4O2. The van der Waals surface area contributed by atoms with Gasteiger partial charge >= 0.3 is 0 Å². The van der Waals surface area contributed by atoms with E-state index in [-0.39, 0.29) is 18.2 Å². The zero-order valence-electron chi connectivity index (χ0n) is 19.3. The van der Waals surface area contributed by atoms with Crippen molar-refractivity contribution in [1.29, 1.82) is 0 Å². The summed E-state index contributed by atoms with van der Waals surface area (Å²) in [4.78, 5) is 27.9. The van der Waals surface area contributed by atoms with Crippen molar-refractivity contribution in [3.63, 3.8) is 0 Å². The molecule has 0 bridgehead atoms. The molecule has 1 fully saturated rings. The number of likely N-dealkylation sites (tertiary alicyclic amines) is 1. The highest BCUT2D eigenvalue weighted by Gasteiger charge is 2.22. The van der Waals surface area contributed by atoms with Crippen LogP contribution in [0.25, 0.3) is 5.69 Å². The molecule has 1 aliphatic heterocycles. The lowest BCUT2D eigenvalue weighted by Gasteiger charge is -2.27. The van der Waals surface area contributed by atoms with E-state index in [4.69, 9.17) is 11.6 Å². The van der Waals surface area contributed by atoms with Gasteiger partial charge in [-0.25, -0.2) is 4.68 Å². The molecule has 4 rings (SSSR count). The number of anilines is 1. The van der Waals surface area contributed by atoms with Crippen LogP contribution in [0.5, 0.6) is 0 Å². The molecule has 2 amide bonds. The Morgan fingerprint density at radius 3 is 2.48 bits per heavy atom. The molecule has 1 saturated heterocycles. The smallest absolute Gasteiger partial charge is 0.255 e. The van der Waals surface area contributed by atoms with Gasteiger partial charge in [-0.1, -0.05) is 29.8 Å². The van der Waals surface area contributed by atoms with E-state index in [1.807, 2.05) is 60.7 Å². The van der Waals surface area contributed by atoms with Crippen molar-refractivity contribution in [3.05, 3.63) is 75.6 Å². The summed E-state index contributed by atoms with van der Waals surface area (Å²) in [6.07, 6.45) is 3.37. The Labute approximate surface area is 199 Å². The Balaban J connectivity index is 1.53. The first kappa shape index (κ1) is 23.1. The van der Waals surface area contributed by atoms with Gasteiger partial charge in [0.25, 0.3) is 5.91 Å². The molecule has 172 valence electrons. The molecule has 0 spiro atoms. The van der Waals surface area contributed by atoms with Gasteiger partial charge in [0.05, 0.1) is 29.1 Å². The first-order valence-electron chi connectivity index (χ1n) is 11.3. The summed E-state index contributed by atoms with van der Waals surface area (Å²) in [5.41, 5.74) is 5.48. The summed E-state index contributed by atoms with van der Waals surface area (Å²) < 4.78 is 1.82. The molecule has 0 aliphatic carbocycles. The van der Waals surface area contributed by atoms with Crippen molar-refractivity contribution in [1.82, 2.24) is 14.7 Å². The number of aromatic nitrogens is 2. The molecule has 0 saturated carbocycles. The largest absolute Gasteiger partial charge is 0.339 e. The van der Waals surface area contributed by atoms with E-state index in [2.05, 4.69) is 10.4 Å². The third kappa shape index (κ3) is 4.96.